The topological polar surface area (TPSA) is 110 Å². The summed E-state index contributed by atoms with van der Waals surface area (Å²) in [7, 11) is 0. The molecule has 0 fully saturated rings. The molecule has 0 aliphatic rings. The molecule has 10 heteroatoms. The molecule has 0 spiro atoms. The van der Waals surface area contributed by atoms with E-state index >= 15 is 0 Å². The molecule has 0 atom stereocenters. The third-order valence-electron chi connectivity index (χ3n) is 3.47. The minimum Gasteiger partial charge on any atom is -0.506 e. The molecule has 25 heavy (non-hydrogen) atoms. The fourth-order valence-corrected chi connectivity index (χ4v) is 2.89. The molecule has 0 saturated carbocycles. The van der Waals surface area contributed by atoms with Gasteiger partial charge < -0.3 is 10.4 Å². The smallest absolute Gasteiger partial charge is 0.274 e. The van der Waals surface area contributed by atoms with Crippen LogP contribution in [0.15, 0.2) is 30.5 Å². The van der Waals surface area contributed by atoms with Crippen molar-refractivity contribution in [2.75, 3.05) is 5.32 Å². The molecule has 0 radical (unpaired) electrons. The van der Waals surface area contributed by atoms with Gasteiger partial charge in [0.05, 0.1) is 26.3 Å². The molecule has 128 valence electrons. The third-order valence-corrected chi connectivity index (χ3v) is 3.96. The number of fused-ring (bicyclic) bond motifs is 1. The Bertz CT molecular complexity index is 1030. The predicted octanol–water partition coefficient (Wildman–Crippen LogP) is 3.82. The number of hydrogen-bond donors (Lipinski definition) is 2. The summed E-state index contributed by atoms with van der Waals surface area (Å²) in [5.74, 6) is -0.930. The molecule has 3 aromatic rings. The number of aryl methyl sites for hydroxylation is 1. The molecule has 2 aromatic heterocycles. The number of aromatic nitrogens is 2. The van der Waals surface area contributed by atoms with Gasteiger partial charge in [0.1, 0.15) is 11.4 Å². The van der Waals surface area contributed by atoms with Crippen LogP contribution in [-0.2, 0) is 0 Å². The number of imidazole rings is 1. The molecule has 1 aromatic carbocycles. The Kier molecular flexibility index (Phi) is 4.23. The zero-order valence-corrected chi connectivity index (χ0v) is 14.2. The highest BCUT2D eigenvalue weighted by Gasteiger charge is 2.21. The second-order valence-electron chi connectivity index (χ2n) is 5.16. The van der Waals surface area contributed by atoms with Gasteiger partial charge in [-0.1, -0.05) is 23.2 Å². The molecule has 8 nitrogen and oxygen atoms in total. The largest absolute Gasteiger partial charge is 0.506 e. The first kappa shape index (κ1) is 17.0. The summed E-state index contributed by atoms with van der Waals surface area (Å²) in [6.07, 6.45) is 1.48. The van der Waals surface area contributed by atoms with Gasteiger partial charge in [0.15, 0.2) is 5.65 Å². The number of phenolic OH excluding ortho intramolecular Hbond substituents is 1. The van der Waals surface area contributed by atoms with Crippen LogP contribution in [0.5, 0.6) is 5.75 Å². The SMILES string of the molecule is Cc1nc2c(Cl)cc(Cl)cn2c1C(=O)Nc1cc([N+](=O)[O-])ccc1O. The summed E-state index contributed by atoms with van der Waals surface area (Å²) >= 11 is 12.1. The number of nitrogens with zero attached hydrogens (tertiary/aromatic N) is 3. The van der Waals surface area contributed by atoms with Crippen LogP contribution in [0, 0.1) is 17.0 Å². The first-order valence-corrected chi connectivity index (χ1v) is 7.66. The van der Waals surface area contributed by atoms with E-state index in [1.807, 2.05) is 0 Å². The van der Waals surface area contributed by atoms with Gasteiger partial charge in [0.25, 0.3) is 11.6 Å². The molecular weight excluding hydrogens is 371 g/mol. The van der Waals surface area contributed by atoms with Crippen LogP contribution in [0.25, 0.3) is 5.65 Å². The number of nitro benzene ring substituents is 1. The highest BCUT2D eigenvalue weighted by molar-refractivity contribution is 6.36. The number of nitrogens with one attached hydrogen (secondary N) is 1. The summed E-state index contributed by atoms with van der Waals surface area (Å²) in [4.78, 5) is 27.1. The van der Waals surface area contributed by atoms with E-state index in [9.17, 15) is 20.0 Å². The van der Waals surface area contributed by atoms with Gasteiger partial charge in [-0.3, -0.25) is 19.3 Å². The molecule has 1 amide bonds. The number of pyridine rings is 1. The quantitative estimate of drug-likeness (QED) is 0.407. The van der Waals surface area contributed by atoms with E-state index in [0.29, 0.717) is 16.4 Å². The number of nitro groups is 1. The number of phenols is 1. The summed E-state index contributed by atoms with van der Waals surface area (Å²) < 4.78 is 1.42. The molecule has 0 bridgehead atoms. The van der Waals surface area contributed by atoms with Gasteiger partial charge >= 0.3 is 0 Å². The lowest BCUT2D eigenvalue weighted by Crippen LogP contribution is -2.16. The van der Waals surface area contributed by atoms with Crippen molar-refractivity contribution in [3.05, 3.63) is 62.0 Å². The minimum atomic E-state index is -0.631. The second-order valence-corrected chi connectivity index (χ2v) is 6.00. The van der Waals surface area contributed by atoms with Crippen molar-refractivity contribution in [2.24, 2.45) is 0 Å². The maximum Gasteiger partial charge on any atom is 0.274 e. The van der Waals surface area contributed by atoms with Crippen LogP contribution >= 0.6 is 23.2 Å². The molecular formula is C15H10Cl2N4O4. The highest BCUT2D eigenvalue weighted by Crippen LogP contribution is 2.29. The summed E-state index contributed by atoms with van der Waals surface area (Å²) in [5.41, 5.74) is 0.504. The Labute approximate surface area is 150 Å². The Balaban J connectivity index is 2.05. The summed E-state index contributed by atoms with van der Waals surface area (Å²) in [6.45, 7) is 1.61. The number of aromatic hydroxyl groups is 1. The lowest BCUT2D eigenvalue weighted by molar-refractivity contribution is -0.384. The number of non-ortho nitro benzene ring substituents is 1. The van der Waals surface area contributed by atoms with E-state index in [-0.39, 0.29) is 27.8 Å². The number of carbonyl (C=O) groups excluding carboxylic acids is 1. The Morgan fingerprint density at radius 2 is 2.08 bits per heavy atom. The molecule has 0 aliphatic carbocycles. The van der Waals surface area contributed by atoms with Crippen molar-refractivity contribution in [1.82, 2.24) is 9.38 Å². The number of amides is 1. The van der Waals surface area contributed by atoms with Crippen molar-refractivity contribution in [3.63, 3.8) is 0 Å². The number of halogens is 2. The lowest BCUT2D eigenvalue weighted by Gasteiger charge is -2.08. The van der Waals surface area contributed by atoms with Crippen LogP contribution < -0.4 is 5.32 Å². The van der Waals surface area contributed by atoms with E-state index < -0.39 is 10.8 Å². The zero-order chi connectivity index (χ0) is 18.3. The number of anilines is 1. The maximum atomic E-state index is 12.6. The third kappa shape index (κ3) is 3.09. The Morgan fingerprint density at radius 1 is 1.36 bits per heavy atom. The number of rotatable bonds is 3. The molecule has 3 rings (SSSR count). The van der Waals surface area contributed by atoms with Crippen LogP contribution in [-0.4, -0.2) is 25.3 Å². The van der Waals surface area contributed by atoms with Crippen LogP contribution in [0.2, 0.25) is 10.0 Å². The zero-order valence-electron chi connectivity index (χ0n) is 12.7. The minimum absolute atomic E-state index is 0.0957. The van der Waals surface area contributed by atoms with Crippen molar-refractivity contribution in [2.45, 2.75) is 6.92 Å². The fraction of sp³-hybridized carbons (Fsp3) is 0.0667. The van der Waals surface area contributed by atoms with Crippen molar-refractivity contribution in [3.8, 4) is 5.75 Å². The van der Waals surface area contributed by atoms with Gasteiger partial charge in [0, 0.05) is 18.3 Å². The van der Waals surface area contributed by atoms with Crippen molar-refractivity contribution < 1.29 is 14.8 Å². The number of carbonyl (C=O) groups is 1. The molecule has 2 N–H and O–H groups in total. The van der Waals surface area contributed by atoms with E-state index in [2.05, 4.69) is 10.3 Å². The summed E-state index contributed by atoms with van der Waals surface area (Å²) in [5, 5.41) is 23.7. The molecule has 0 unspecified atom stereocenters. The monoisotopic (exact) mass is 380 g/mol. The van der Waals surface area contributed by atoms with Crippen LogP contribution in [0.3, 0.4) is 0 Å². The summed E-state index contributed by atoms with van der Waals surface area (Å²) in [6, 6.07) is 4.82. The second kappa shape index (κ2) is 6.23. The van der Waals surface area contributed by atoms with Gasteiger partial charge in [-0.25, -0.2) is 4.98 Å². The van der Waals surface area contributed by atoms with Gasteiger partial charge in [-0.15, -0.1) is 0 Å². The lowest BCUT2D eigenvalue weighted by atomic mass is 10.2. The average Bonchev–Trinajstić information content (AvgIpc) is 2.85. The fourth-order valence-electron chi connectivity index (χ4n) is 2.38. The predicted molar refractivity (Wildman–Crippen MR) is 92.7 cm³/mol. The number of hydrogen-bond acceptors (Lipinski definition) is 5. The number of benzene rings is 1. The van der Waals surface area contributed by atoms with Gasteiger partial charge in [0.2, 0.25) is 0 Å². The van der Waals surface area contributed by atoms with E-state index in [1.165, 1.54) is 16.7 Å². The van der Waals surface area contributed by atoms with Crippen LogP contribution in [0.1, 0.15) is 16.2 Å². The van der Waals surface area contributed by atoms with Crippen molar-refractivity contribution >= 4 is 46.1 Å². The van der Waals surface area contributed by atoms with Crippen molar-refractivity contribution in [1.29, 1.82) is 0 Å². The van der Waals surface area contributed by atoms with Gasteiger partial charge in [-0.2, -0.15) is 0 Å². The van der Waals surface area contributed by atoms with Gasteiger partial charge in [-0.05, 0) is 19.1 Å². The van der Waals surface area contributed by atoms with E-state index in [1.54, 1.807) is 6.92 Å². The molecule has 0 aliphatic heterocycles. The molecule has 2 heterocycles. The average molecular weight is 381 g/mol. The molecule has 0 saturated heterocycles. The van der Waals surface area contributed by atoms with E-state index in [0.717, 1.165) is 18.2 Å². The Hall–Kier alpha value is -2.84. The Morgan fingerprint density at radius 3 is 2.76 bits per heavy atom. The van der Waals surface area contributed by atoms with E-state index in [4.69, 9.17) is 23.2 Å². The maximum absolute atomic E-state index is 12.6. The first-order chi connectivity index (χ1) is 11.8. The standard InChI is InChI=1S/C15H10Cl2N4O4/c1-7-13(20-6-8(16)4-10(17)14(20)18-7)15(23)19-11-5-9(21(24)25)2-3-12(11)22/h2-6,22H,1H3,(H,19,23). The first-order valence-electron chi connectivity index (χ1n) is 6.90. The van der Waals surface area contributed by atoms with Crippen LogP contribution in [0.4, 0.5) is 11.4 Å². The normalized spacial score (nSPS) is 10.8. The highest BCUT2D eigenvalue weighted by atomic mass is 35.5.